The zero-order valence-corrected chi connectivity index (χ0v) is 18.5. The van der Waals surface area contributed by atoms with Crippen LogP contribution in [-0.2, 0) is 16.1 Å². The van der Waals surface area contributed by atoms with Crippen molar-refractivity contribution in [2.75, 3.05) is 0 Å². The number of aliphatic hydroxyl groups excluding tert-OH is 2. The summed E-state index contributed by atoms with van der Waals surface area (Å²) in [4.78, 5) is 25.0. The zero-order valence-electron chi connectivity index (χ0n) is 18.5. The number of esters is 1. The smallest absolute Gasteiger partial charge is 0.342 e. The van der Waals surface area contributed by atoms with Gasteiger partial charge < -0.3 is 24.8 Å². The van der Waals surface area contributed by atoms with Gasteiger partial charge >= 0.3 is 5.97 Å². The van der Waals surface area contributed by atoms with Gasteiger partial charge in [0.2, 0.25) is 0 Å². The third-order valence-electron chi connectivity index (χ3n) is 5.50. The molecule has 1 heterocycles. The highest BCUT2D eigenvalue weighted by atomic mass is 16.5. The topological polar surface area (TPSA) is 113 Å². The number of phenols is 1. The molecule has 174 valence electrons. The number of carbonyl (C=O) groups is 2. The van der Waals surface area contributed by atoms with Gasteiger partial charge in [0.05, 0.1) is 6.10 Å². The van der Waals surface area contributed by atoms with E-state index >= 15 is 0 Å². The van der Waals surface area contributed by atoms with Crippen LogP contribution in [0.4, 0.5) is 0 Å². The number of hydrogen-bond donors (Lipinski definition) is 3. The first-order valence-electron chi connectivity index (χ1n) is 10.8. The maximum Gasteiger partial charge on any atom is 0.342 e. The lowest BCUT2D eigenvalue weighted by Gasteiger charge is -2.20. The second-order valence-corrected chi connectivity index (χ2v) is 8.06. The summed E-state index contributed by atoms with van der Waals surface area (Å²) in [6.45, 7) is 3.68. The van der Waals surface area contributed by atoms with Gasteiger partial charge in [0.15, 0.2) is 5.78 Å². The molecular weight excluding hydrogens is 424 g/mol. The Morgan fingerprint density at radius 1 is 1.06 bits per heavy atom. The van der Waals surface area contributed by atoms with Gasteiger partial charge in [-0.15, -0.1) is 0 Å². The minimum Gasteiger partial charge on any atom is -0.507 e. The number of carbonyl (C=O) groups excluding carboxylic acids is 2. The second kappa shape index (κ2) is 10.9. The van der Waals surface area contributed by atoms with E-state index in [0.717, 1.165) is 5.56 Å². The van der Waals surface area contributed by atoms with Crippen LogP contribution < -0.4 is 4.74 Å². The molecule has 1 aliphatic heterocycles. The normalized spacial score (nSPS) is 25.9. The molecule has 0 aromatic heterocycles. The predicted molar refractivity (Wildman–Crippen MR) is 123 cm³/mol. The quantitative estimate of drug-likeness (QED) is 0.612. The third-order valence-corrected chi connectivity index (χ3v) is 5.50. The number of phenolic OH excluding ortho intramolecular Hbond substituents is 1. The van der Waals surface area contributed by atoms with E-state index in [1.54, 1.807) is 19.9 Å². The van der Waals surface area contributed by atoms with Gasteiger partial charge in [0.25, 0.3) is 0 Å². The fourth-order valence-corrected chi connectivity index (χ4v) is 3.29. The highest BCUT2D eigenvalue weighted by molar-refractivity contribution is 5.97. The van der Waals surface area contributed by atoms with E-state index in [4.69, 9.17) is 9.47 Å². The van der Waals surface area contributed by atoms with Crippen LogP contribution >= 0.6 is 0 Å². The van der Waals surface area contributed by atoms with Crippen LogP contribution in [0.15, 0.2) is 60.7 Å². The summed E-state index contributed by atoms with van der Waals surface area (Å²) in [7, 11) is 0. The lowest BCUT2D eigenvalue weighted by atomic mass is 9.99. The molecule has 7 heteroatoms. The van der Waals surface area contributed by atoms with Gasteiger partial charge in [-0.25, -0.2) is 4.79 Å². The van der Waals surface area contributed by atoms with Gasteiger partial charge in [-0.3, -0.25) is 4.79 Å². The first kappa shape index (κ1) is 24.2. The van der Waals surface area contributed by atoms with E-state index < -0.39 is 30.1 Å². The number of hydrogen-bond acceptors (Lipinski definition) is 7. The van der Waals surface area contributed by atoms with Gasteiger partial charge in [0, 0.05) is 12.0 Å². The molecule has 0 amide bonds. The van der Waals surface area contributed by atoms with Gasteiger partial charge in [-0.2, -0.15) is 0 Å². The molecule has 3 rings (SSSR count). The lowest BCUT2D eigenvalue weighted by Crippen LogP contribution is -2.32. The fourth-order valence-electron chi connectivity index (χ4n) is 3.29. The van der Waals surface area contributed by atoms with E-state index in [2.05, 4.69) is 0 Å². The number of rotatable bonds is 3. The highest BCUT2D eigenvalue weighted by Crippen LogP contribution is 2.31. The number of benzene rings is 2. The molecule has 4 atom stereocenters. The Hall–Kier alpha value is -3.42. The van der Waals surface area contributed by atoms with E-state index in [9.17, 15) is 24.9 Å². The summed E-state index contributed by atoms with van der Waals surface area (Å²) < 4.78 is 11.3. The summed E-state index contributed by atoms with van der Waals surface area (Å²) >= 11 is 0. The lowest BCUT2D eigenvalue weighted by molar-refractivity contribution is -0.127. The molecule has 33 heavy (non-hydrogen) atoms. The molecule has 0 aliphatic carbocycles. The number of aliphatic hydroxyl groups is 2. The average molecular weight is 453 g/mol. The highest BCUT2D eigenvalue weighted by Gasteiger charge is 2.25. The van der Waals surface area contributed by atoms with Crippen molar-refractivity contribution in [3.63, 3.8) is 0 Å². The van der Waals surface area contributed by atoms with E-state index in [-0.39, 0.29) is 30.3 Å². The Labute approximate surface area is 192 Å². The summed E-state index contributed by atoms with van der Waals surface area (Å²) in [5.74, 6) is -1.66. The molecule has 1 unspecified atom stereocenters. The largest absolute Gasteiger partial charge is 0.507 e. The van der Waals surface area contributed by atoms with Crippen molar-refractivity contribution in [3.8, 4) is 11.5 Å². The number of ether oxygens (including phenoxy) is 2. The SMILES string of the molecule is CC1OC(=O)c2c(O)cc(OCc3ccccc3)cc2/C=C/C[C@H](O)[C@H](O)C(=O)/C=C\[C@H]1C. The summed E-state index contributed by atoms with van der Waals surface area (Å²) in [6.07, 6.45) is 2.16. The standard InChI is InChI=1S/C26H28O7/c1-16-11-12-22(28)25(30)21(27)10-6-9-19-13-20(32-15-18-7-4-3-5-8-18)14-23(29)24(19)26(31)33-17(16)2/h3-9,11-14,16-17,21,25,27,29-30H,10,15H2,1-2H3/b9-6+,12-11-/t16-,17?,21+,25+/m1/s1. The first-order valence-corrected chi connectivity index (χ1v) is 10.8. The number of fused-ring (bicyclic) bond motifs is 1. The molecule has 7 nitrogen and oxygen atoms in total. The Kier molecular flexibility index (Phi) is 8.03. The van der Waals surface area contributed by atoms with Crippen LogP contribution in [-0.4, -0.2) is 45.4 Å². The van der Waals surface area contributed by atoms with Crippen LogP contribution in [0.25, 0.3) is 6.08 Å². The molecule has 1 aliphatic rings. The van der Waals surface area contributed by atoms with E-state index in [0.29, 0.717) is 11.3 Å². The van der Waals surface area contributed by atoms with Crippen LogP contribution in [0.2, 0.25) is 0 Å². The molecule has 0 saturated heterocycles. The Bertz CT molecular complexity index is 1040. The van der Waals surface area contributed by atoms with Crippen molar-refractivity contribution >= 4 is 17.8 Å². The van der Waals surface area contributed by atoms with Gasteiger partial charge in [-0.1, -0.05) is 55.5 Å². The molecule has 3 N–H and O–H groups in total. The molecule has 2 aromatic carbocycles. The zero-order chi connectivity index (χ0) is 24.0. The van der Waals surface area contributed by atoms with Crippen molar-refractivity contribution in [2.45, 2.75) is 45.2 Å². The summed E-state index contributed by atoms with van der Waals surface area (Å²) in [5, 5.41) is 30.9. The first-order chi connectivity index (χ1) is 15.8. The van der Waals surface area contributed by atoms with Crippen molar-refractivity contribution in [1.29, 1.82) is 0 Å². The molecule has 0 radical (unpaired) electrons. The second-order valence-electron chi connectivity index (χ2n) is 8.06. The minimum absolute atomic E-state index is 0.0375. The molecule has 0 bridgehead atoms. The molecular formula is C26H28O7. The van der Waals surface area contributed by atoms with Gasteiger partial charge in [-0.05, 0) is 36.6 Å². The maximum absolute atomic E-state index is 12.9. The van der Waals surface area contributed by atoms with Crippen molar-refractivity contribution in [1.82, 2.24) is 0 Å². The number of ketones is 1. The summed E-state index contributed by atoms with van der Waals surface area (Å²) in [6, 6.07) is 12.4. The average Bonchev–Trinajstić information content (AvgIpc) is 2.80. The monoisotopic (exact) mass is 452 g/mol. The Morgan fingerprint density at radius 3 is 2.52 bits per heavy atom. The predicted octanol–water partition coefficient (Wildman–Crippen LogP) is 3.42. The van der Waals surface area contributed by atoms with E-state index in [1.807, 2.05) is 30.3 Å². The van der Waals surface area contributed by atoms with Crippen molar-refractivity contribution in [2.24, 2.45) is 5.92 Å². The Morgan fingerprint density at radius 2 is 1.79 bits per heavy atom. The molecule has 0 fully saturated rings. The molecule has 0 spiro atoms. The van der Waals surface area contributed by atoms with Crippen molar-refractivity contribution in [3.05, 3.63) is 77.4 Å². The molecule has 0 saturated carbocycles. The van der Waals surface area contributed by atoms with Crippen LogP contribution in [0.3, 0.4) is 0 Å². The number of cyclic esters (lactones) is 1. The Balaban J connectivity index is 1.95. The fraction of sp³-hybridized carbons (Fsp3) is 0.308. The molecule has 2 aromatic rings. The van der Waals surface area contributed by atoms with Gasteiger partial charge in [0.1, 0.15) is 35.9 Å². The van der Waals surface area contributed by atoms with Crippen LogP contribution in [0, 0.1) is 5.92 Å². The van der Waals surface area contributed by atoms with Crippen molar-refractivity contribution < 1.29 is 34.4 Å². The maximum atomic E-state index is 12.9. The minimum atomic E-state index is -1.58. The number of aromatic hydroxyl groups is 1. The van der Waals surface area contributed by atoms with E-state index in [1.165, 1.54) is 30.4 Å². The summed E-state index contributed by atoms with van der Waals surface area (Å²) in [5.41, 5.74) is 1.22. The van der Waals surface area contributed by atoms with Crippen LogP contribution in [0.1, 0.15) is 41.8 Å². The third kappa shape index (κ3) is 6.31. The van der Waals surface area contributed by atoms with Crippen LogP contribution in [0.5, 0.6) is 11.5 Å².